The van der Waals surface area contributed by atoms with Gasteiger partial charge in [0.05, 0.1) is 12.1 Å². The van der Waals surface area contributed by atoms with E-state index in [2.05, 4.69) is 16.8 Å². The molecule has 0 bridgehead atoms. The van der Waals surface area contributed by atoms with Crippen molar-refractivity contribution in [2.45, 2.75) is 24.3 Å². The molecule has 0 aliphatic carbocycles. The Morgan fingerprint density at radius 1 is 1.31 bits per heavy atom. The zero-order chi connectivity index (χ0) is 23.3. The number of aryl methyl sites for hydroxylation is 2. The number of ether oxygens (including phenoxy) is 2. The van der Waals surface area contributed by atoms with Crippen LogP contribution in [-0.2, 0) is 0 Å². The molecule has 1 heterocycles. The van der Waals surface area contributed by atoms with Crippen LogP contribution in [0.25, 0.3) is 5.69 Å². The number of hydrogen-bond donors (Lipinski definition) is 0. The molecule has 3 aromatic rings. The summed E-state index contributed by atoms with van der Waals surface area (Å²) in [5.74, 6) is 1.43. The quantitative estimate of drug-likeness (QED) is 0.172. The molecule has 0 aliphatic rings. The molecule has 0 saturated heterocycles. The van der Waals surface area contributed by atoms with Crippen molar-refractivity contribution >= 4 is 23.4 Å². The van der Waals surface area contributed by atoms with Crippen LogP contribution in [0.4, 0.5) is 0 Å². The first-order valence-corrected chi connectivity index (χ1v) is 11.0. The zero-order valence-corrected chi connectivity index (χ0v) is 19.5. The van der Waals surface area contributed by atoms with Crippen molar-refractivity contribution < 1.29 is 14.4 Å². The fourth-order valence-corrected chi connectivity index (χ4v) is 4.59. The lowest BCUT2D eigenvalue weighted by Crippen LogP contribution is -2.12. The zero-order valence-electron chi connectivity index (χ0n) is 17.9. The Labute approximate surface area is 195 Å². The molecule has 0 saturated carbocycles. The summed E-state index contributed by atoms with van der Waals surface area (Å²) in [5, 5.41) is 20.2. The monoisotopic (exact) mass is 474 g/mol. The summed E-state index contributed by atoms with van der Waals surface area (Å²) < 4.78 is 12.9. The molecular formula is C22H23ClN4O4S. The van der Waals surface area contributed by atoms with Gasteiger partial charge in [0.25, 0.3) is 0 Å². The number of nitrogens with zero attached hydrogens (tertiary/aromatic N) is 4. The van der Waals surface area contributed by atoms with E-state index in [-0.39, 0.29) is 18.1 Å². The Bertz CT molecular complexity index is 1140. The lowest BCUT2D eigenvalue weighted by atomic mass is 10.1. The summed E-state index contributed by atoms with van der Waals surface area (Å²) in [6, 6.07) is 11.3. The first-order valence-electron chi connectivity index (χ1n) is 9.72. The number of hydrogen-bond acceptors (Lipinski definition) is 7. The van der Waals surface area contributed by atoms with Gasteiger partial charge < -0.3 is 9.47 Å². The number of thioether (sulfide) groups is 1. The SMILES string of the molecule is C=CCOc1c(Cl)cc([C@H](C[N+](=O)[O-])Sc2nnc(C)n2-c2cccc(C)c2)cc1OC. The van der Waals surface area contributed by atoms with E-state index < -0.39 is 5.25 Å². The van der Waals surface area contributed by atoms with E-state index >= 15 is 0 Å². The molecule has 0 spiro atoms. The Balaban J connectivity index is 2.02. The molecule has 168 valence electrons. The molecule has 0 aliphatic heterocycles. The van der Waals surface area contributed by atoms with Crippen LogP contribution in [0.15, 0.2) is 54.2 Å². The molecule has 32 heavy (non-hydrogen) atoms. The fourth-order valence-electron chi connectivity index (χ4n) is 3.16. The van der Waals surface area contributed by atoms with Gasteiger partial charge in [-0.05, 0) is 49.2 Å². The summed E-state index contributed by atoms with van der Waals surface area (Å²) in [6.07, 6.45) is 1.59. The van der Waals surface area contributed by atoms with Crippen molar-refractivity contribution in [1.82, 2.24) is 14.8 Å². The van der Waals surface area contributed by atoms with Gasteiger partial charge in [-0.3, -0.25) is 14.7 Å². The second-order valence-electron chi connectivity index (χ2n) is 6.96. The number of halogens is 1. The Morgan fingerprint density at radius 2 is 2.09 bits per heavy atom. The van der Waals surface area contributed by atoms with Gasteiger partial charge in [-0.25, -0.2) is 0 Å². The molecule has 2 aromatic carbocycles. The first-order chi connectivity index (χ1) is 15.3. The van der Waals surface area contributed by atoms with Crippen molar-refractivity contribution in [3.63, 3.8) is 0 Å². The van der Waals surface area contributed by atoms with Crippen LogP contribution in [0.5, 0.6) is 11.5 Å². The van der Waals surface area contributed by atoms with Gasteiger partial charge in [-0.15, -0.1) is 10.2 Å². The highest BCUT2D eigenvalue weighted by molar-refractivity contribution is 7.99. The largest absolute Gasteiger partial charge is 0.493 e. The highest BCUT2D eigenvalue weighted by Gasteiger charge is 2.26. The summed E-state index contributed by atoms with van der Waals surface area (Å²) in [5.41, 5.74) is 2.59. The van der Waals surface area contributed by atoms with Gasteiger partial charge in [0.15, 0.2) is 16.7 Å². The molecule has 0 fully saturated rings. The van der Waals surface area contributed by atoms with Crippen molar-refractivity contribution in [3.05, 3.63) is 81.1 Å². The van der Waals surface area contributed by atoms with Gasteiger partial charge in [0.2, 0.25) is 6.54 Å². The van der Waals surface area contributed by atoms with Crippen molar-refractivity contribution in [2.75, 3.05) is 20.3 Å². The van der Waals surface area contributed by atoms with Gasteiger partial charge in [0.1, 0.15) is 17.7 Å². The third-order valence-electron chi connectivity index (χ3n) is 4.59. The van der Waals surface area contributed by atoms with E-state index in [9.17, 15) is 10.1 Å². The van der Waals surface area contributed by atoms with E-state index in [0.717, 1.165) is 11.3 Å². The Hall–Kier alpha value is -3.04. The molecule has 8 nitrogen and oxygen atoms in total. The predicted molar refractivity (Wildman–Crippen MR) is 125 cm³/mol. The van der Waals surface area contributed by atoms with E-state index in [1.54, 1.807) is 18.2 Å². The maximum absolute atomic E-state index is 11.5. The minimum absolute atomic E-state index is 0.251. The summed E-state index contributed by atoms with van der Waals surface area (Å²) in [4.78, 5) is 11.1. The molecular weight excluding hydrogens is 452 g/mol. The van der Waals surface area contributed by atoms with Crippen LogP contribution in [0, 0.1) is 24.0 Å². The lowest BCUT2D eigenvalue weighted by Gasteiger charge is -2.18. The normalized spacial score (nSPS) is 11.8. The number of methoxy groups -OCH3 is 1. The Kier molecular flexibility index (Phi) is 7.76. The molecule has 0 radical (unpaired) electrons. The van der Waals surface area contributed by atoms with E-state index in [0.29, 0.717) is 33.1 Å². The van der Waals surface area contributed by atoms with Gasteiger partial charge >= 0.3 is 0 Å². The van der Waals surface area contributed by atoms with E-state index in [1.807, 2.05) is 42.7 Å². The number of rotatable bonds is 10. The number of aromatic nitrogens is 3. The van der Waals surface area contributed by atoms with Crippen LogP contribution in [0.1, 0.15) is 22.2 Å². The standard InChI is InChI=1S/C22H23ClN4O4S/c1-5-9-31-21-18(23)11-16(12-19(21)30-4)20(13-26(28)29)32-22-25-24-15(3)27(22)17-8-6-7-14(2)10-17/h5-8,10-12,20H,1,9,13H2,2-4H3/t20-/m0/s1. The van der Waals surface area contributed by atoms with Gasteiger partial charge in [0, 0.05) is 10.6 Å². The molecule has 1 atom stereocenters. The van der Waals surface area contributed by atoms with Crippen molar-refractivity contribution in [3.8, 4) is 17.2 Å². The fraction of sp³-hybridized carbons (Fsp3) is 0.273. The Morgan fingerprint density at radius 3 is 2.75 bits per heavy atom. The molecule has 3 rings (SSSR count). The van der Waals surface area contributed by atoms with Crippen LogP contribution < -0.4 is 9.47 Å². The van der Waals surface area contributed by atoms with Gasteiger partial charge in [-0.1, -0.05) is 48.2 Å². The second kappa shape index (κ2) is 10.5. The van der Waals surface area contributed by atoms with Crippen LogP contribution >= 0.6 is 23.4 Å². The average Bonchev–Trinajstić information content (AvgIpc) is 3.11. The summed E-state index contributed by atoms with van der Waals surface area (Å²) >= 11 is 7.68. The van der Waals surface area contributed by atoms with Crippen LogP contribution in [0.3, 0.4) is 0 Å². The highest BCUT2D eigenvalue weighted by atomic mass is 35.5. The van der Waals surface area contributed by atoms with Crippen LogP contribution in [0.2, 0.25) is 5.02 Å². The van der Waals surface area contributed by atoms with Gasteiger partial charge in [-0.2, -0.15) is 0 Å². The maximum atomic E-state index is 11.5. The van der Waals surface area contributed by atoms with E-state index in [4.69, 9.17) is 21.1 Å². The second-order valence-corrected chi connectivity index (χ2v) is 8.54. The minimum atomic E-state index is -0.586. The topological polar surface area (TPSA) is 92.3 Å². The van der Waals surface area contributed by atoms with E-state index in [1.165, 1.54) is 18.9 Å². The number of benzene rings is 2. The smallest absolute Gasteiger partial charge is 0.220 e. The van der Waals surface area contributed by atoms with Crippen molar-refractivity contribution in [2.24, 2.45) is 0 Å². The average molecular weight is 475 g/mol. The number of nitro groups is 1. The molecule has 0 N–H and O–H groups in total. The highest BCUT2D eigenvalue weighted by Crippen LogP contribution is 2.43. The molecule has 0 amide bonds. The van der Waals surface area contributed by atoms with Crippen LogP contribution in [-0.4, -0.2) is 39.9 Å². The lowest BCUT2D eigenvalue weighted by molar-refractivity contribution is -0.479. The molecule has 1 aromatic heterocycles. The minimum Gasteiger partial charge on any atom is -0.493 e. The third-order valence-corrected chi connectivity index (χ3v) is 6.05. The third kappa shape index (κ3) is 5.41. The van der Waals surface area contributed by atoms with Crippen molar-refractivity contribution in [1.29, 1.82) is 0 Å². The first kappa shape index (κ1) is 23.6. The maximum Gasteiger partial charge on any atom is 0.220 e. The predicted octanol–water partition coefficient (Wildman–Crippen LogP) is 5.22. The summed E-state index contributed by atoms with van der Waals surface area (Å²) in [7, 11) is 1.49. The molecule has 10 heteroatoms. The molecule has 0 unspecified atom stereocenters. The summed E-state index contributed by atoms with van der Waals surface area (Å²) in [6.45, 7) is 7.38.